The standard InChI is InChI=1S/C21H19ClF7N5O3/c1-19(12-6-30-11-31-7-12,18(36)32-13-8-33(9-13)10-20(24,25)26)34(17(35)16(22)23)14-2-4-15(5-3-14)37-21(27,28)29/h2-7,11,13,16H,8-10H2,1H3,(H,32,36)/t16-,19+/m0/s1. The lowest BCUT2D eigenvalue weighted by Crippen LogP contribution is -2.66. The highest BCUT2D eigenvalue weighted by molar-refractivity contribution is 6.32. The van der Waals surface area contributed by atoms with Crippen LogP contribution in [0.25, 0.3) is 0 Å². The van der Waals surface area contributed by atoms with E-state index in [1.165, 1.54) is 6.92 Å². The number of rotatable bonds is 8. The molecule has 1 aliphatic heterocycles. The van der Waals surface area contributed by atoms with Crippen LogP contribution < -0.4 is 15.0 Å². The third kappa shape index (κ3) is 6.97. The van der Waals surface area contributed by atoms with E-state index in [0.717, 1.165) is 47.9 Å². The molecule has 2 heterocycles. The molecule has 2 amide bonds. The third-order valence-electron chi connectivity index (χ3n) is 5.44. The lowest BCUT2D eigenvalue weighted by Gasteiger charge is -2.44. The van der Waals surface area contributed by atoms with Crippen LogP contribution in [0.4, 0.5) is 36.4 Å². The molecule has 0 spiro atoms. The number of alkyl halides is 8. The Labute approximate surface area is 210 Å². The number of anilines is 1. The lowest BCUT2D eigenvalue weighted by atomic mass is 9.89. The molecule has 8 nitrogen and oxygen atoms in total. The van der Waals surface area contributed by atoms with Crippen LogP contribution in [0, 0.1) is 0 Å². The molecular weight excluding hydrogens is 539 g/mol. The van der Waals surface area contributed by atoms with Crippen molar-refractivity contribution in [1.82, 2.24) is 20.2 Å². The van der Waals surface area contributed by atoms with Crippen LogP contribution in [0.15, 0.2) is 43.0 Å². The predicted octanol–water partition coefficient (Wildman–Crippen LogP) is 3.52. The van der Waals surface area contributed by atoms with Gasteiger partial charge in [0.15, 0.2) is 5.54 Å². The third-order valence-corrected chi connectivity index (χ3v) is 5.63. The molecule has 37 heavy (non-hydrogen) atoms. The largest absolute Gasteiger partial charge is 0.573 e. The van der Waals surface area contributed by atoms with Crippen LogP contribution in [0.2, 0.25) is 0 Å². The van der Waals surface area contributed by atoms with Crippen LogP contribution in [0.1, 0.15) is 12.5 Å². The first-order valence-electron chi connectivity index (χ1n) is 10.4. The Balaban J connectivity index is 1.97. The highest BCUT2D eigenvalue weighted by Crippen LogP contribution is 2.36. The van der Waals surface area contributed by atoms with Gasteiger partial charge in [-0.05, 0) is 31.2 Å². The summed E-state index contributed by atoms with van der Waals surface area (Å²) < 4.78 is 93.3. The molecule has 1 saturated heterocycles. The van der Waals surface area contributed by atoms with E-state index in [0.29, 0.717) is 4.90 Å². The van der Waals surface area contributed by atoms with Crippen LogP contribution in [-0.4, -0.2) is 70.5 Å². The van der Waals surface area contributed by atoms with Crippen molar-refractivity contribution in [2.24, 2.45) is 0 Å². The zero-order chi connectivity index (χ0) is 27.6. The summed E-state index contributed by atoms with van der Waals surface area (Å²) in [5, 5.41) is 2.52. The van der Waals surface area contributed by atoms with E-state index in [9.17, 15) is 40.3 Å². The van der Waals surface area contributed by atoms with Crippen molar-refractivity contribution in [3.63, 3.8) is 0 Å². The molecule has 2 atom stereocenters. The summed E-state index contributed by atoms with van der Waals surface area (Å²) in [4.78, 5) is 35.7. The minimum atomic E-state index is -5.00. The summed E-state index contributed by atoms with van der Waals surface area (Å²) >= 11 is 5.41. The van der Waals surface area contributed by atoms with Gasteiger partial charge in [-0.1, -0.05) is 11.6 Å². The molecule has 1 fully saturated rings. The summed E-state index contributed by atoms with van der Waals surface area (Å²) in [6.07, 6.45) is -6.04. The molecule has 0 radical (unpaired) electrons. The number of likely N-dealkylation sites (tertiary alicyclic amines) is 1. The first-order chi connectivity index (χ1) is 17.1. The number of hydrogen-bond donors (Lipinski definition) is 1. The molecule has 0 saturated carbocycles. The summed E-state index contributed by atoms with van der Waals surface area (Å²) in [7, 11) is 0. The molecule has 2 aromatic rings. The van der Waals surface area contributed by atoms with Crippen LogP contribution in [0.3, 0.4) is 0 Å². The van der Waals surface area contributed by atoms with Gasteiger partial charge >= 0.3 is 12.5 Å². The summed E-state index contributed by atoms with van der Waals surface area (Å²) in [6, 6.07) is 2.89. The normalized spacial score (nSPS) is 17.3. The minimum absolute atomic E-state index is 0.0414. The fourth-order valence-corrected chi connectivity index (χ4v) is 3.88. The predicted molar refractivity (Wildman–Crippen MR) is 115 cm³/mol. The Morgan fingerprint density at radius 1 is 1.14 bits per heavy atom. The number of benzene rings is 1. The van der Waals surface area contributed by atoms with Crippen molar-refractivity contribution in [2.45, 2.75) is 36.7 Å². The average molecular weight is 558 g/mol. The molecule has 202 valence electrons. The van der Waals surface area contributed by atoms with Gasteiger partial charge in [-0.3, -0.25) is 19.4 Å². The molecule has 1 aliphatic rings. The van der Waals surface area contributed by atoms with Crippen molar-refractivity contribution < 1.29 is 45.1 Å². The van der Waals surface area contributed by atoms with E-state index in [2.05, 4.69) is 20.0 Å². The van der Waals surface area contributed by atoms with Crippen molar-refractivity contribution in [3.8, 4) is 5.75 Å². The first kappa shape index (κ1) is 28.4. The highest BCUT2D eigenvalue weighted by Gasteiger charge is 2.49. The Morgan fingerprint density at radius 3 is 2.19 bits per heavy atom. The fraction of sp³-hybridized carbons (Fsp3) is 0.429. The van der Waals surface area contributed by atoms with E-state index < -0.39 is 53.9 Å². The number of nitrogens with one attached hydrogen (secondary N) is 1. The first-order valence-corrected chi connectivity index (χ1v) is 10.9. The molecule has 0 aliphatic carbocycles. The van der Waals surface area contributed by atoms with Gasteiger partial charge in [0, 0.05) is 36.7 Å². The molecule has 1 aromatic carbocycles. The maximum Gasteiger partial charge on any atom is 0.573 e. The van der Waals surface area contributed by atoms with Crippen molar-refractivity contribution in [2.75, 3.05) is 24.5 Å². The van der Waals surface area contributed by atoms with Crippen LogP contribution in [0.5, 0.6) is 5.75 Å². The quantitative estimate of drug-likeness (QED) is 0.395. The van der Waals surface area contributed by atoms with Gasteiger partial charge in [-0.2, -0.15) is 13.2 Å². The van der Waals surface area contributed by atoms with Gasteiger partial charge in [0.2, 0.25) is 0 Å². The van der Waals surface area contributed by atoms with Gasteiger partial charge in [-0.15, -0.1) is 13.2 Å². The number of halogens is 8. The average Bonchev–Trinajstić information content (AvgIpc) is 2.77. The number of hydrogen-bond acceptors (Lipinski definition) is 6. The molecule has 16 heteroatoms. The number of carbonyl (C=O) groups excluding carboxylic acids is 2. The van der Waals surface area contributed by atoms with E-state index in [4.69, 9.17) is 11.6 Å². The number of amides is 2. The number of aromatic nitrogens is 2. The van der Waals surface area contributed by atoms with Crippen molar-refractivity contribution in [3.05, 3.63) is 48.5 Å². The number of carbonyl (C=O) groups is 2. The van der Waals surface area contributed by atoms with Crippen LogP contribution in [-0.2, 0) is 15.1 Å². The van der Waals surface area contributed by atoms with Crippen molar-refractivity contribution in [1.29, 1.82) is 0 Å². The van der Waals surface area contributed by atoms with E-state index >= 15 is 0 Å². The number of ether oxygens (including phenoxy) is 1. The monoisotopic (exact) mass is 557 g/mol. The zero-order valence-electron chi connectivity index (χ0n) is 18.9. The second-order valence-electron chi connectivity index (χ2n) is 8.20. The van der Waals surface area contributed by atoms with Gasteiger partial charge in [-0.25, -0.2) is 14.4 Å². The maximum atomic E-state index is 14.1. The molecule has 0 unspecified atom stereocenters. The second kappa shape index (κ2) is 10.7. The van der Waals surface area contributed by atoms with Gasteiger partial charge in [0.1, 0.15) is 12.1 Å². The summed E-state index contributed by atoms with van der Waals surface area (Å²) in [5.41, 5.74) is -5.08. The topological polar surface area (TPSA) is 87.7 Å². The Bertz CT molecular complexity index is 1100. The van der Waals surface area contributed by atoms with E-state index in [1.807, 2.05) is 0 Å². The summed E-state index contributed by atoms with van der Waals surface area (Å²) in [5.74, 6) is -3.04. The molecule has 1 N–H and O–H groups in total. The smallest absolute Gasteiger partial charge is 0.406 e. The van der Waals surface area contributed by atoms with Gasteiger partial charge in [0.05, 0.1) is 12.6 Å². The minimum Gasteiger partial charge on any atom is -0.406 e. The highest BCUT2D eigenvalue weighted by atomic mass is 35.5. The van der Waals surface area contributed by atoms with Crippen molar-refractivity contribution >= 4 is 29.1 Å². The molecule has 3 rings (SSSR count). The Hall–Kier alpha value is -3.20. The van der Waals surface area contributed by atoms with Gasteiger partial charge in [0.25, 0.3) is 17.4 Å². The molecule has 0 bridgehead atoms. The lowest BCUT2D eigenvalue weighted by molar-refractivity contribution is -0.274. The molecule has 1 aromatic heterocycles. The summed E-state index contributed by atoms with van der Waals surface area (Å²) in [6.45, 7) is -0.295. The Morgan fingerprint density at radius 2 is 1.70 bits per heavy atom. The number of nitrogens with zero attached hydrogens (tertiary/aromatic N) is 4. The fourth-order valence-electron chi connectivity index (χ4n) is 3.78. The van der Waals surface area contributed by atoms with E-state index in [1.54, 1.807) is 0 Å². The van der Waals surface area contributed by atoms with Gasteiger partial charge < -0.3 is 10.1 Å². The zero-order valence-corrected chi connectivity index (χ0v) is 19.6. The SMILES string of the molecule is C[C@](C(=O)NC1CN(CC(F)(F)F)C1)(c1cncnc1)N(C(=O)[C@H](F)Cl)c1ccc(OC(F)(F)F)cc1. The second-order valence-corrected chi connectivity index (χ2v) is 8.58. The Kier molecular flexibility index (Phi) is 8.17. The molecular formula is C21H19ClF7N5O3. The van der Waals surface area contributed by atoms with E-state index in [-0.39, 0.29) is 24.3 Å². The van der Waals surface area contributed by atoms with Crippen LogP contribution >= 0.6 is 11.6 Å². The maximum absolute atomic E-state index is 14.1.